The van der Waals surface area contributed by atoms with E-state index in [1.54, 1.807) is 0 Å². The SMILES string of the molecule is CSCCCc1ccc(O)c(C(C)(C)C)c1. The molecule has 0 aliphatic carbocycles. The fourth-order valence-electron chi connectivity index (χ4n) is 1.76. The Hall–Kier alpha value is -0.630. The predicted octanol–water partition coefficient (Wildman–Crippen LogP) is 3.99. The smallest absolute Gasteiger partial charge is 0.119 e. The molecular formula is C14H22OS. The monoisotopic (exact) mass is 238 g/mol. The zero-order valence-corrected chi connectivity index (χ0v) is 11.5. The fourth-order valence-corrected chi connectivity index (χ4v) is 2.19. The van der Waals surface area contributed by atoms with E-state index in [2.05, 4.69) is 33.1 Å². The number of rotatable bonds is 4. The second kappa shape index (κ2) is 5.62. The summed E-state index contributed by atoms with van der Waals surface area (Å²) >= 11 is 1.88. The molecule has 90 valence electrons. The van der Waals surface area contributed by atoms with Crippen molar-refractivity contribution in [3.05, 3.63) is 29.3 Å². The van der Waals surface area contributed by atoms with Gasteiger partial charge in [0.1, 0.15) is 5.75 Å². The van der Waals surface area contributed by atoms with Gasteiger partial charge in [0.05, 0.1) is 0 Å². The summed E-state index contributed by atoms with van der Waals surface area (Å²) in [6, 6.07) is 6.01. The van der Waals surface area contributed by atoms with Crippen LogP contribution in [0.1, 0.15) is 38.3 Å². The standard InChI is InChI=1S/C14H22OS/c1-14(2,3)12-10-11(6-5-9-16-4)7-8-13(12)15/h7-8,10,15H,5-6,9H2,1-4H3. The maximum Gasteiger partial charge on any atom is 0.119 e. The number of hydrogen-bond acceptors (Lipinski definition) is 2. The van der Waals surface area contributed by atoms with Gasteiger partial charge in [0.25, 0.3) is 0 Å². The quantitative estimate of drug-likeness (QED) is 0.801. The van der Waals surface area contributed by atoms with Gasteiger partial charge in [-0.3, -0.25) is 0 Å². The molecule has 0 spiro atoms. The number of aryl methyl sites for hydroxylation is 1. The Labute approximate surface area is 103 Å². The Morgan fingerprint density at radius 3 is 2.50 bits per heavy atom. The van der Waals surface area contributed by atoms with Crippen LogP contribution in [0.25, 0.3) is 0 Å². The third-order valence-corrected chi connectivity index (χ3v) is 3.38. The molecule has 0 aliphatic heterocycles. The van der Waals surface area contributed by atoms with Gasteiger partial charge in [0, 0.05) is 0 Å². The number of thioether (sulfide) groups is 1. The molecule has 0 unspecified atom stereocenters. The average Bonchev–Trinajstić information content (AvgIpc) is 2.19. The summed E-state index contributed by atoms with van der Waals surface area (Å²) < 4.78 is 0. The zero-order valence-electron chi connectivity index (χ0n) is 10.7. The Morgan fingerprint density at radius 1 is 1.25 bits per heavy atom. The number of hydrogen-bond donors (Lipinski definition) is 1. The molecule has 1 N–H and O–H groups in total. The molecule has 1 aromatic rings. The lowest BCUT2D eigenvalue weighted by molar-refractivity contribution is 0.446. The molecular weight excluding hydrogens is 216 g/mol. The van der Waals surface area contributed by atoms with Crippen LogP contribution < -0.4 is 0 Å². The van der Waals surface area contributed by atoms with Crippen molar-refractivity contribution in [1.82, 2.24) is 0 Å². The molecule has 0 aliphatic rings. The van der Waals surface area contributed by atoms with Gasteiger partial charge >= 0.3 is 0 Å². The van der Waals surface area contributed by atoms with Crippen LogP contribution in [-0.4, -0.2) is 17.1 Å². The molecule has 0 amide bonds. The van der Waals surface area contributed by atoms with Crippen LogP contribution in [0, 0.1) is 0 Å². The minimum atomic E-state index is 0.0135. The number of phenolic OH excluding ortho intramolecular Hbond substituents is 1. The maximum absolute atomic E-state index is 9.84. The highest BCUT2D eigenvalue weighted by molar-refractivity contribution is 7.98. The van der Waals surface area contributed by atoms with Crippen molar-refractivity contribution in [2.45, 2.75) is 39.0 Å². The van der Waals surface area contributed by atoms with E-state index in [1.807, 2.05) is 23.9 Å². The maximum atomic E-state index is 9.84. The number of phenols is 1. The molecule has 0 atom stereocenters. The van der Waals surface area contributed by atoms with Crippen LogP contribution in [0.3, 0.4) is 0 Å². The summed E-state index contributed by atoms with van der Waals surface area (Å²) in [5, 5.41) is 9.84. The summed E-state index contributed by atoms with van der Waals surface area (Å²) in [6.45, 7) is 6.40. The van der Waals surface area contributed by atoms with E-state index in [0.29, 0.717) is 5.75 Å². The molecule has 0 aromatic heterocycles. The van der Waals surface area contributed by atoms with Gasteiger partial charge < -0.3 is 5.11 Å². The highest BCUT2D eigenvalue weighted by Crippen LogP contribution is 2.31. The van der Waals surface area contributed by atoms with E-state index in [1.165, 1.54) is 17.7 Å². The lowest BCUT2D eigenvalue weighted by atomic mass is 9.85. The molecule has 1 aromatic carbocycles. The van der Waals surface area contributed by atoms with Gasteiger partial charge in [-0.2, -0.15) is 11.8 Å². The van der Waals surface area contributed by atoms with E-state index in [-0.39, 0.29) is 5.41 Å². The zero-order chi connectivity index (χ0) is 12.2. The second-order valence-electron chi connectivity index (χ2n) is 5.20. The summed E-state index contributed by atoms with van der Waals surface area (Å²) in [6.07, 6.45) is 4.44. The van der Waals surface area contributed by atoms with Gasteiger partial charge in [-0.1, -0.05) is 32.9 Å². The Bertz CT molecular complexity index is 339. The molecule has 16 heavy (non-hydrogen) atoms. The van der Waals surface area contributed by atoms with Crippen molar-refractivity contribution in [1.29, 1.82) is 0 Å². The van der Waals surface area contributed by atoms with Crippen LogP contribution in [-0.2, 0) is 11.8 Å². The highest BCUT2D eigenvalue weighted by atomic mass is 32.2. The molecule has 1 nitrogen and oxygen atoms in total. The molecule has 2 heteroatoms. The largest absolute Gasteiger partial charge is 0.508 e. The third kappa shape index (κ3) is 3.75. The van der Waals surface area contributed by atoms with Gasteiger partial charge in [-0.05, 0) is 47.5 Å². The number of benzene rings is 1. The van der Waals surface area contributed by atoms with Gasteiger partial charge in [0.2, 0.25) is 0 Å². The molecule has 0 radical (unpaired) electrons. The van der Waals surface area contributed by atoms with E-state index in [9.17, 15) is 5.11 Å². The van der Waals surface area contributed by atoms with E-state index >= 15 is 0 Å². The van der Waals surface area contributed by atoms with Crippen molar-refractivity contribution >= 4 is 11.8 Å². The normalized spacial score (nSPS) is 11.8. The number of aromatic hydroxyl groups is 1. The lowest BCUT2D eigenvalue weighted by Crippen LogP contribution is -2.11. The molecule has 0 saturated carbocycles. The van der Waals surface area contributed by atoms with Crippen molar-refractivity contribution in [2.75, 3.05) is 12.0 Å². The molecule has 0 heterocycles. The Kier molecular flexibility index (Phi) is 4.72. The minimum absolute atomic E-state index is 0.0135. The van der Waals surface area contributed by atoms with Gasteiger partial charge in [-0.15, -0.1) is 0 Å². The van der Waals surface area contributed by atoms with Crippen molar-refractivity contribution < 1.29 is 5.11 Å². The minimum Gasteiger partial charge on any atom is -0.508 e. The topological polar surface area (TPSA) is 20.2 Å². The van der Waals surface area contributed by atoms with Crippen molar-refractivity contribution in [3.8, 4) is 5.75 Å². The van der Waals surface area contributed by atoms with Crippen molar-refractivity contribution in [2.24, 2.45) is 0 Å². The summed E-state index contributed by atoms with van der Waals surface area (Å²) in [7, 11) is 0. The van der Waals surface area contributed by atoms with Crippen LogP contribution >= 0.6 is 11.8 Å². The molecule has 0 saturated heterocycles. The first kappa shape index (κ1) is 13.4. The van der Waals surface area contributed by atoms with E-state index in [0.717, 1.165) is 12.0 Å². The summed E-state index contributed by atoms with van der Waals surface area (Å²) in [5.74, 6) is 1.62. The Balaban J connectivity index is 2.82. The first-order chi connectivity index (χ1) is 7.45. The summed E-state index contributed by atoms with van der Waals surface area (Å²) in [4.78, 5) is 0. The van der Waals surface area contributed by atoms with Crippen LogP contribution in [0.2, 0.25) is 0 Å². The third-order valence-electron chi connectivity index (χ3n) is 2.68. The van der Waals surface area contributed by atoms with Gasteiger partial charge in [0.15, 0.2) is 0 Å². The summed E-state index contributed by atoms with van der Waals surface area (Å²) in [5.41, 5.74) is 2.39. The van der Waals surface area contributed by atoms with E-state index < -0.39 is 0 Å². The lowest BCUT2D eigenvalue weighted by Gasteiger charge is -2.21. The van der Waals surface area contributed by atoms with Crippen LogP contribution in [0.5, 0.6) is 5.75 Å². The predicted molar refractivity (Wildman–Crippen MR) is 73.5 cm³/mol. The Morgan fingerprint density at radius 2 is 1.94 bits per heavy atom. The average molecular weight is 238 g/mol. The van der Waals surface area contributed by atoms with Crippen LogP contribution in [0.15, 0.2) is 18.2 Å². The molecule has 0 bridgehead atoms. The first-order valence-electron chi connectivity index (χ1n) is 5.76. The molecule has 0 fully saturated rings. The van der Waals surface area contributed by atoms with E-state index in [4.69, 9.17) is 0 Å². The second-order valence-corrected chi connectivity index (χ2v) is 6.18. The van der Waals surface area contributed by atoms with Gasteiger partial charge in [-0.25, -0.2) is 0 Å². The van der Waals surface area contributed by atoms with Crippen molar-refractivity contribution in [3.63, 3.8) is 0 Å². The fraction of sp³-hybridized carbons (Fsp3) is 0.571. The highest BCUT2D eigenvalue weighted by Gasteiger charge is 2.18. The first-order valence-corrected chi connectivity index (χ1v) is 7.16. The van der Waals surface area contributed by atoms with Crippen LogP contribution in [0.4, 0.5) is 0 Å². The molecule has 1 rings (SSSR count).